The molecule has 6 N–H and O–H groups in total. The monoisotopic (exact) mass is 292 g/mol. The Hall–Kier alpha value is -1.66. The molecule has 0 heterocycles. The molecule has 1 atom stereocenters. The van der Waals surface area contributed by atoms with Gasteiger partial charge in [-0.3, -0.25) is 5.73 Å². The molecule has 0 saturated heterocycles. The van der Waals surface area contributed by atoms with E-state index < -0.39 is 5.72 Å². The lowest BCUT2D eigenvalue weighted by atomic mass is 9.97. The Morgan fingerprint density at radius 1 is 1.24 bits per heavy atom. The summed E-state index contributed by atoms with van der Waals surface area (Å²) in [6, 6.07) is 9.95. The summed E-state index contributed by atoms with van der Waals surface area (Å²) in [6.07, 6.45) is 4.59. The SMILES string of the molecule is COC1(N)C=CC(CO)=C(N)C1.OCCc1ccccc1. The van der Waals surface area contributed by atoms with E-state index in [9.17, 15) is 0 Å². The number of ether oxygens (including phenoxy) is 1. The number of nitrogens with two attached hydrogens (primary N) is 2. The number of hydrogen-bond donors (Lipinski definition) is 4. The van der Waals surface area contributed by atoms with E-state index in [4.69, 9.17) is 26.4 Å². The van der Waals surface area contributed by atoms with Crippen molar-refractivity contribution < 1.29 is 14.9 Å². The molecular formula is C16H24N2O3. The lowest BCUT2D eigenvalue weighted by Crippen LogP contribution is -2.42. The minimum atomic E-state index is -0.803. The zero-order valence-corrected chi connectivity index (χ0v) is 12.3. The molecule has 0 saturated carbocycles. The zero-order chi connectivity index (χ0) is 15.7. The maximum Gasteiger partial charge on any atom is 0.141 e. The molecule has 2 rings (SSSR count). The second-order valence-electron chi connectivity index (χ2n) is 4.84. The molecule has 1 aliphatic carbocycles. The molecule has 0 aromatic heterocycles. The Morgan fingerprint density at radius 3 is 2.38 bits per heavy atom. The summed E-state index contributed by atoms with van der Waals surface area (Å²) in [5, 5.41) is 17.4. The molecule has 0 aliphatic heterocycles. The minimum Gasteiger partial charge on any atom is -0.402 e. The summed E-state index contributed by atoms with van der Waals surface area (Å²) >= 11 is 0. The van der Waals surface area contributed by atoms with Gasteiger partial charge in [0, 0.05) is 25.8 Å². The van der Waals surface area contributed by atoms with E-state index in [0.29, 0.717) is 17.7 Å². The third-order valence-electron chi connectivity index (χ3n) is 3.24. The molecule has 5 heteroatoms. The van der Waals surface area contributed by atoms with Gasteiger partial charge in [0.05, 0.1) is 6.61 Å². The van der Waals surface area contributed by atoms with Crippen molar-refractivity contribution in [2.75, 3.05) is 20.3 Å². The fraction of sp³-hybridized carbons (Fsp3) is 0.375. The number of aliphatic hydroxyl groups excluding tert-OH is 2. The highest BCUT2D eigenvalue weighted by atomic mass is 16.5. The second kappa shape index (κ2) is 8.59. The van der Waals surface area contributed by atoms with Crippen LogP contribution in [0.5, 0.6) is 0 Å². The van der Waals surface area contributed by atoms with E-state index in [2.05, 4.69) is 0 Å². The van der Waals surface area contributed by atoms with Crippen molar-refractivity contribution in [3.8, 4) is 0 Å². The highest BCUT2D eigenvalue weighted by Gasteiger charge is 2.25. The summed E-state index contributed by atoms with van der Waals surface area (Å²) in [5.41, 5.74) is 13.1. The van der Waals surface area contributed by atoms with Crippen LogP contribution in [0.4, 0.5) is 0 Å². The van der Waals surface area contributed by atoms with E-state index in [0.717, 1.165) is 6.42 Å². The Bertz CT molecular complexity index is 486. The molecule has 1 aromatic rings. The van der Waals surface area contributed by atoms with Crippen LogP contribution in [0.1, 0.15) is 12.0 Å². The van der Waals surface area contributed by atoms with E-state index in [-0.39, 0.29) is 13.2 Å². The van der Waals surface area contributed by atoms with Gasteiger partial charge in [-0.25, -0.2) is 0 Å². The van der Waals surface area contributed by atoms with E-state index in [1.54, 1.807) is 12.2 Å². The lowest BCUT2D eigenvalue weighted by Gasteiger charge is -2.28. The quantitative estimate of drug-likeness (QED) is 0.611. The number of rotatable bonds is 4. The van der Waals surface area contributed by atoms with Gasteiger partial charge in [0.2, 0.25) is 0 Å². The summed E-state index contributed by atoms with van der Waals surface area (Å²) in [7, 11) is 1.53. The highest BCUT2D eigenvalue weighted by molar-refractivity contribution is 5.32. The topological polar surface area (TPSA) is 102 Å². The van der Waals surface area contributed by atoms with Crippen LogP contribution in [0.2, 0.25) is 0 Å². The first kappa shape index (κ1) is 17.4. The van der Waals surface area contributed by atoms with Crippen molar-refractivity contribution in [2.45, 2.75) is 18.6 Å². The van der Waals surface area contributed by atoms with E-state index in [1.807, 2.05) is 30.3 Å². The highest BCUT2D eigenvalue weighted by Crippen LogP contribution is 2.22. The Labute approximate surface area is 125 Å². The smallest absolute Gasteiger partial charge is 0.141 e. The van der Waals surface area contributed by atoms with Crippen molar-refractivity contribution >= 4 is 0 Å². The van der Waals surface area contributed by atoms with Gasteiger partial charge >= 0.3 is 0 Å². The second-order valence-corrected chi connectivity index (χ2v) is 4.84. The molecular weight excluding hydrogens is 268 g/mol. The van der Waals surface area contributed by atoms with Crippen LogP contribution < -0.4 is 11.5 Å². The maximum absolute atomic E-state index is 8.83. The van der Waals surface area contributed by atoms with E-state index >= 15 is 0 Å². The van der Waals surface area contributed by atoms with Gasteiger partial charge in [-0.2, -0.15) is 0 Å². The summed E-state index contributed by atoms with van der Waals surface area (Å²) in [4.78, 5) is 0. The van der Waals surface area contributed by atoms with Gasteiger partial charge in [0.25, 0.3) is 0 Å². The third kappa shape index (κ3) is 5.69. The van der Waals surface area contributed by atoms with Crippen molar-refractivity contribution in [1.82, 2.24) is 0 Å². The predicted octanol–water partition coefficient (Wildman–Crippen LogP) is 0.674. The van der Waals surface area contributed by atoms with Gasteiger partial charge < -0.3 is 20.7 Å². The van der Waals surface area contributed by atoms with Crippen LogP contribution >= 0.6 is 0 Å². The fourth-order valence-electron chi connectivity index (χ4n) is 1.89. The Kier molecular flexibility index (Phi) is 7.11. The maximum atomic E-state index is 8.83. The molecule has 1 aromatic carbocycles. The Morgan fingerprint density at radius 2 is 1.90 bits per heavy atom. The van der Waals surface area contributed by atoms with Gasteiger partial charge in [0.1, 0.15) is 5.72 Å². The van der Waals surface area contributed by atoms with Gasteiger partial charge in [0.15, 0.2) is 0 Å². The van der Waals surface area contributed by atoms with Crippen molar-refractivity contribution in [1.29, 1.82) is 0 Å². The summed E-state index contributed by atoms with van der Waals surface area (Å²) in [5.74, 6) is 0. The predicted molar refractivity (Wildman–Crippen MR) is 83.2 cm³/mol. The van der Waals surface area contributed by atoms with Gasteiger partial charge in [-0.05, 0) is 23.6 Å². The first-order valence-electron chi connectivity index (χ1n) is 6.81. The minimum absolute atomic E-state index is 0.0534. The fourth-order valence-corrected chi connectivity index (χ4v) is 1.89. The third-order valence-corrected chi connectivity index (χ3v) is 3.24. The van der Waals surface area contributed by atoms with Crippen molar-refractivity contribution in [2.24, 2.45) is 11.5 Å². The summed E-state index contributed by atoms with van der Waals surface area (Å²) in [6.45, 7) is 0.187. The zero-order valence-electron chi connectivity index (χ0n) is 12.3. The molecule has 0 radical (unpaired) electrons. The van der Waals surface area contributed by atoms with E-state index in [1.165, 1.54) is 12.7 Å². The van der Waals surface area contributed by atoms with Crippen molar-refractivity contribution in [3.63, 3.8) is 0 Å². The number of methoxy groups -OCH3 is 1. The lowest BCUT2D eigenvalue weighted by molar-refractivity contribution is 0.0362. The normalized spacial score (nSPS) is 21.0. The molecule has 0 fully saturated rings. The molecule has 0 amide bonds. The molecule has 1 unspecified atom stereocenters. The number of aliphatic hydroxyl groups is 2. The van der Waals surface area contributed by atoms with Crippen LogP contribution in [-0.4, -0.2) is 36.3 Å². The molecule has 116 valence electrons. The Balaban J connectivity index is 0.000000219. The number of benzene rings is 1. The molecule has 1 aliphatic rings. The molecule has 0 bridgehead atoms. The standard InChI is InChI=1S/C8H14N2O2.C8H10O/c1-12-8(10)3-2-6(5-11)7(9)4-8;9-7-6-8-4-2-1-3-5-8/h2-3,11H,4-5,9-10H2,1H3;1-5,9H,6-7H2. The molecule has 0 spiro atoms. The van der Waals surface area contributed by atoms with Crippen LogP contribution in [0.25, 0.3) is 0 Å². The van der Waals surface area contributed by atoms with Crippen LogP contribution in [-0.2, 0) is 11.2 Å². The van der Waals surface area contributed by atoms with Crippen LogP contribution in [0, 0.1) is 0 Å². The van der Waals surface area contributed by atoms with Gasteiger partial charge in [-0.1, -0.05) is 36.4 Å². The first-order chi connectivity index (χ1) is 10.0. The van der Waals surface area contributed by atoms with Crippen LogP contribution in [0.3, 0.4) is 0 Å². The number of hydrogen-bond acceptors (Lipinski definition) is 5. The largest absolute Gasteiger partial charge is 0.402 e. The van der Waals surface area contributed by atoms with Crippen LogP contribution in [0.15, 0.2) is 53.8 Å². The van der Waals surface area contributed by atoms with Gasteiger partial charge in [-0.15, -0.1) is 0 Å². The molecule has 5 nitrogen and oxygen atoms in total. The first-order valence-corrected chi connectivity index (χ1v) is 6.81. The molecule has 21 heavy (non-hydrogen) atoms. The average molecular weight is 292 g/mol. The summed E-state index contributed by atoms with van der Waals surface area (Å²) < 4.78 is 5.04. The average Bonchev–Trinajstić information content (AvgIpc) is 2.50. The van der Waals surface area contributed by atoms with Crippen molar-refractivity contribution in [3.05, 3.63) is 59.3 Å².